The van der Waals surface area contributed by atoms with Gasteiger partial charge in [-0.15, -0.1) is 12.4 Å². The third-order valence-electron chi connectivity index (χ3n) is 3.91. The molecule has 2 rings (SSSR count). The minimum atomic E-state index is -0.422. The van der Waals surface area contributed by atoms with Crippen molar-refractivity contribution in [1.29, 1.82) is 0 Å². The van der Waals surface area contributed by atoms with E-state index in [4.69, 9.17) is 10.5 Å². The Morgan fingerprint density at radius 2 is 1.73 bits per heavy atom. The van der Waals surface area contributed by atoms with E-state index < -0.39 is 12.0 Å². The molecule has 6 nitrogen and oxygen atoms in total. The van der Waals surface area contributed by atoms with Crippen molar-refractivity contribution in [3.05, 3.63) is 54.1 Å². The van der Waals surface area contributed by atoms with E-state index in [-0.39, 0.29) is 24.2 Å². The van der Waals surface area contributed by atoms with Crippen molar-refractivity contribution in [2.45, 2.75) is 19.9 Å². The molecule has 2 atom stereocenters. The molecule has 0 aliphatic heterocycles. The molecule has 0 saturated carbocycles. The molecule has 0 saturated heterocycles. The lowest BCUT2D eigenvalue weighted by Gasteiger charge is -2.20. The van der Waals surface area contributed by atoms with Gasteiger partial charge in [-0.1, -0.05) is 37.3 Å². The topological polar surface area (TPSA) is 93.4 Å². The highest BCUT2D eigenvalue weighted by Crippen LogP contribution is 2.28. The monoisotopic (exact) mass is 377 g/mol. The van der Waals surface area contributed by atoms with Gasteiger partial charge >= 0.3 is 0 Å². The first-order valence-corrected chi connectivity index (χ1v) is 7.99. The largest absolute Gasteiger partial charge is 0.495 e. The summed E-state index contributed by atoms with van der Waals surface area (Å²) in [4.78, 5) is 23.8. The molecule has 26 heavy (non-hydrogen) atoms. The van der Waals surface area contributed by atoms with Crippen molar-refractivity contribution in [3.8, 4) is 5.75 Å². The number of carbonyl (C=O) groups is 2. The Hall–Kier alpha value is -2.57. The van der Waals surface area contributed by atoms with Gasteiger partial charge in [0.05, 0.1) is 18.7 Å². The molecule has 0 heterocycles. The molecule has 0 aliphatic carbocycles. The Labute approximate surface area is 159 Å². The third-order valence-corrected chi connectivity index (χ3v) is 3.91. The van der Waals surface area contributed by atoms with E-state index in [9.17, 15) is 9.59 Å². The van der Waals surface area contributed by atoms with E-state index in [1.807, 2.05) is 30.3 Å². The van der Waals surface area contributed by atoms with Gasteiger partial charge in [0.1, 0.15) is 5.75 Å². The fourth-order valence-electron chi connectivity index (χ4n) is 2.46. The molecule has 0 fully saturated rings. The average Bonchev–Trinajstić information content (AvgIpc) is 2.61. The normalized spacial score (nSPS) is 12.3. The van der Waals surface area contributed by atoms with E-state index in [2.05, 4.69) is 10.6 Å². The second kappa shape index (κ2) is 9.79. The molecule has 2 aromatic carbocycles. The Kier molecular flexibility index (Phi) is 8.09. The summed E-state index contributed by atoms with van der Waals surface area (Å²) < 4.78 is 5.20. The first kappa shape index (κ1) is 21.5. The summed E-state index contributed by atoms with van der Waals surface area (Å²) in [6.07, 6.45) is 0. The molecule has 0 spiro atoms. The SMILES string of the molecule is COc1ccc(NC(=O)C(C)C(N)c2ccccc2)cc1NC(C)=O.Cl. The summed E-state index contributed by atoms with van der Waals surface area (Å²) in [5.41, 5.74) is 8.15. The second-order valence-electron chi connectivity index (χ2n) is 5.81. The molecule has 140 valence electrons. The van der Waals surface area contributed by atoms with Crippen LogP contribution in [0.3, 0.4) is 0 Å². The van der Waals surface area contributed by atoms with Gasteiger partial charge in [-0.3, -0.25) is 9.59 Å². The van der Waals surface area contributed by atoms with Gasteiger partial charge in [-0.05, 0) is 23.8 Å². The van der Waals surface area contributed by atoms with Crippen LogP contribution < -0.4 is 21.1 Å². The number of nitrogens with two attached hydrogens (primary N) is 1. The quantitative estimate of drug-likeness (QED) is 0.719. The molecule has 2 aromatic rings. The molecule has 0 aliphatic rings. The zero-order chi connectivity index (χ0) is 18.4. The van der Waals surface area contributed by atoms with Crippen LogP contribution >= 0.6 is 12.4 Å². The van der Waals surface area contributed by atoms with Crippen LogP contribution in [0.5, 0.6) is 5.75 Å². The van der Waals surface area contributed by atoms with Crippen molar-refractivity contribution in [2.24, 2.45) is 11.7 Å². The lowest BCUT2D eigenvalue weighted by molar-refractivity contribution is -0.120. The molecular weight excluding hydrogens is 354 g/mol. The maximum atomic E-state index is 12.5. The molecule has 0 bridgehead atoms. The fraction of sp³-hybridized carbons (Fsp3) is 0.263. The fourth-order valence-corrected chi connectivity index (χ4v) is 2.46. The highest BCUT2D eigenvalue weighted by molar-refractivity contribution is 5.95. The molecule has 4 N–H and O–H groups in total. The number of nitrogens with one attached hydrogen (secondary N) is 2. The number of ether oxygens (including phenoxy) is 1. The van der Waals surface area contributed by atoms with E-state index in [0.29, 0.717) is 17.1 Å². The van der Waals surface area contributed by atoms with Crippen molar-refractivity contribution in [1.82, 2.24) is 0 Å². The Morgan fingerprint density at radius 1 is 1.08 bits per heavy atom. The number of halogens is 1. The number of benzene rings is 2. The van der Waals surface area contributed by atoms with Crippen LogP contribution in [0.4, 0.5) is 11.4 Å². The van der Waals surface area contributed by atoms with E-state index >= 15 is 0 Å². The maximum absolute atomic E-state index is 12.5. The average molecular weight is 378 g/mol. The Morgan fingerprint density at radius 3 is 2.31 bits per heavy atom. The van der Waals surface area contributed by atoms with Gasteiger partial charge in [0, 0.05) is 18.7 Å². The van der Waals surface area contributed by atoms with Crippen LogP contribution in [-0.4, -0.2) is 18.9 Å². The van der Waals surface area contributed by atoms with E-state index in [1.54, 1.807) is 25.1 Å². The molecule has 2 amide bonds. The summed E-state index contributed by atoms with van der Waals surface area (Å²) in [5.74, 6) is -0.326. The van der Waals surface area contributed by atoms with Crippen LogP contribution in [0.25, 0.3) is 0 Å². The number of amides is 2. The molecule has 7 heteroatoms. The molecule has 0 aromatic heterocycles. The molecule has 2 unspecified atom stereocenters. The first-order valence-electron chi connectivity index (χ1n) is 7.99. The van der Waals surface area contributed by atoms with Gasteiger partial charge in [0.15, 0.2) is 0 Å². The van der Waals surface area contributed by atoms with Crippen molar-refractivity contribution in [2.75, 3.05) is 17.7 Å². The Bertz CT molecular complexity index is 753. The minimum absolute atomic E-state index is 0. The summed E-state index contributed by atoms with van der Waals surface area (Å²) >= 11 is 0. The van der Waals surface area contributed by atoms with Crippen LogP contribution in [0.2, 0.25) is 0 Å². The number of hydrogen-bond donors (Lipinski definition) is 3. The molecular formula is C19H24ClN3O3. The second-order valence-corrected chi connectivity index (χ2v) is 5.81. The standard InChI is InChI=1S/C19H23N3O3.ClH/c1-12(18(20)14-7-5-4-6-8-14)19(24)22-15-9-10-17(25-3)16(11-15)21-13(2)23;/h4-12,18H,20H2,1-3H3,(H,21,23)(H,22,24);1H. The van der Waals surface area contributed by atoms with Crippen molar-refractivity contribution >= 4 is 35.6 Å². The summed E-state index contributed by atoms with van der Waals surface area (Å²) in [7, 11) is 1.51. The predicted octanol–water partition coefficient (Wildman–Crippen LogP) is 3.35. The van der Waals surface area contributed by atoms with Crippen LogP contribution in [0, 0.1) is 5.92 Å². The summed E-state index contributed by atoms with van der Waals surface area (Å²) in [5, 5.41) is 5.51. The van der Waals surface area contributed by atoms with Gasteiger partial charge < -0.3 is 21.1 Å². The maximum Gasteiger partial charge on any atom is 0.229 e. The first-order chi connectivity index (χ1) is 11.9. The number of anilines is 2. The molecule has 0 radical (unpaired) electrons. The Balaban J connectivity index is 0.00000338. The number of rotatable bonds is 6. The van der Waals surface area contributed by atoms with Crippen LogP contribution in [0.15, 0.2) is 48.5 Å². The van der Waals surface area contributed by atoms with Crippen molar-refractivity contribution < 1.29 is 14.3 Å². The number of methoxy groups -OCH3 is 1. The van der Waals surface area contributed by atoms with Gasteiger partial charge in [0.25, 0.3) is 0 Å². The predicted molar refractivity (Wildman–Crippen MR) is 106 cm³/mol. The van der Waals surface area contributed by atoms with Gasteiger partial charge in [-0.25, -0.2) is 0 Å². The van der Waals surface area contributed by atoms with E-state index in [1.165, 1.54) is 14.0 Å². The highest BCUT2D eigenvalue weighted by Gasteiger charge is 2.22. The third kappa shape index (κ3) is 5.47. The zero-order valence-corrected chi connectivity index (χ0v) is 15.8. The van der Waals surface area contributed by atoms with Crippen LogP contribution in [0.1, 0.15) is 25.5 Å². The minimum Gasteiger partial charge on any atom is -0.495 e. The lowest BCUT2D eigenvalue weighted by Crippen LogP contribution is -2.30. The van der Waals surface area contributed by atoms with Crippen LogP contribution in [-0.2, 0) is 9.59 Å². The van der Waals surface area contributed by atoms with Crippen molar-refractivity contribution in [3.63, 3.8) is 0 Å². The zero-order valence-electron chi connectivity index (χ0n) is 15.0. The van der Waals surface area contributed by atoms with Gasteiger partial charge in [0.2, 0.25) is 11.8 Å². The van der Waals surface area contributed by atoms with E-state index in [0.717, 1.165) is 5.56 Å². The highest BCUT2D eigenvalue weighted by atomic mass is 35.5. The number of carbonyl (C=O) groups excluding carboxylic acids is 2. The number of hydrogen-bond acceptors (Lipinski definition) is 4. The lowest BCUT2D eigenvalue weighted by atomic mass is 9.94. The smallest absolute Gasteiger partial charge is 0.229 e. The summed E-state index contributed by atoms with van der Waals surface area (Å²) in [6.45, 7) is 3.19. The van der Waals surface area contributed by atoms with Gasteiger partial charge in [-0.2, -0.15) is 0 Å². The summed E-state index contributed by atoms with van der Waals surface area (Å²) in [6, 6.07) is 14.1.